The average Bonchev–Trinajstić information content (AvgIpc) is 3.24. The number of hydrogen-bond acceptors (Lipinski definition) is 5. The van der Waals surface area contributed by atoms with Crippen molar-refractivity contribution >= 4 is 22.9 Å². The molecule has 1 amide bonds. The Morgan fingerprint density at radius 1 is 1.21 bits per heavy atom. The van der Waals surface area contributed by atoms with Crippen LogP contribution in [0.2, 0.25) is 0 Å². The first-order valence-electron chi connectivity index (χ1n) is 6.84. The van der Waals surface area contributed by atoms with Gasteiger partial charge in [-0.15, -0.1) is 11.3 Å². The van der Waals surface area contributed by atoms with Crippen molar-refractivity contribution in [3.8, 4) is 10.7 Å². The third-order valence-corrected chi connectivity index (χ3v) is 3.95. The molecule has 0 aliphatic rings. The average molecular weight is 353 g/mol. The van der Waals surface area contributed by atoms with Crippen molar-refractivity contribution in [2.45, 2.75) is 12.8 Å². The van der Waals surface area contributed by atoms with E-state index in [1.807, 2.05) is 17.5 Å². The van der Waals surface area contributed by atoms with Crippen LogP contribution in [0.1, 0.15) is 12.3 Å². The second-order valence-corrected chi connectivity index (χ2v) is 5.71. The summed E-state index contributed by atoms with van der Waals surface area (Å²) in [6.45, 7) is 0. The van der Waals surface area contributed by atoms with Crippen LogP contribution in [0.3, 0.4) is 0 Å². The van der Waals surface area contributed by atoms with Gasteiger partial charge in [0.1, 0.15) is 0 Å². The summed E-state index contributed by atoms with van der Waals surface area (Å²) >= 11 is 1.45. The van der Waals surface area contributed by atoms with E-state index in [4.69, 9.17) is 4.52 Å². The van der Waals surface area contributed by atoms with Crippen LogP contribution < -0.4 is 5.32 Å². The number of nitrogens with zero attached hydrogens (tertiary/aromatic N) is 2. The lowest BCUT2D eigenvalue weighted by Crippen LogP contribution is -2.14. The molecule has 124 valence electrons. The fourth-order valence-corrected chi connectivity index (χ4v) is 2.57. The molecule has 3 rings (SSSR count). The summed E-state index contributed by atoms with van der Waals surface area (Å²) < 4.78 is 44.4. The van der Waals surface area contributed by atoms with Crippen LogP contribution in [0.5, 0.6) is 0 Å². The molecule has 0 saturated heterocycles. The molecule has 1 N–H and O–H groups in total. The smallest absolute Gasteiger partial charge is 0.227 e. The molecule has 0 bridgehead atoms. The number of carbonyl (C=O) groups is 1. The van der Waals surface area contributed by atoms with Crippen molar-refractivity contribution in [2.75, 3.05) is 5.32 Å². The fourth-order valence-electron chi connectivity index (χ4n) is 1.92. The first-order valence-corrected chi connectivity index (χ1v) is 7.72. The van der Waals surface area contributed by atoms with Crippen LogP contribution >= 0.6 is 11.3 Å². The van der Waals surface area contributed by atoms with Gasteiger partial charge in [0.05, 0.1) is 10.6 Å². The van der Waals surface area contributed by atoms with Gasteiger partial charge in [0, 0.05) is 12.8 Å². The maximum absolute atomic E-state index is 13.5. The van der Waals surface area contributed by atoms with Crippen LogP contribution in [-0.4, -0.2) is 16.0 Å². The highest BCUT2D eigenvalue weighted by Gasteiger charge is 2.16. The SMILES string of the molecule is O=C(CCc1nc(-c2cccs2)no1)Nc1ccc(F)c(F)c1F. The summed E-state index contributed by atoms with van der Waals surface area (Å²) in [6, 6.07) is 5.37. The molecule has 2 aromatic heterocycles. The highest BCUT2D eigenvalue weighted by atomic mass is 32.1. The minimum Gasteiger partial charge on any atom is -0.339 e. The van der Waals surface area contributed by atoms with Gasteiger partial charge in [-0.05, 0) is 23.6 Å². The minimum atomic E-state index is -1.63. The van der Waals surface area contributed by atoms with E-state index in [9.17, 15) is 18.0 Å². The Balaban J connectivity index is 1.59. The van der Waals surface area contributed by atoms with E-state index in [0.29, 0.717) is 5.82 Å². The molecule has 1 aromatic carbocycles. The van der Waals surface area contributed by atoms with Crippen molar-refractivity contribution in [3.63, 3.8) is 0 Å². The predicted octanol–water partition coefficient (Wildman–Crippen LogP) is 3.79. The van der Waals surface area contributed by atoms with Gasteiger partial charge in [-0.25, -0.2) is 13.2 Å². The summed E-state index contributed by atoms with van der Waals surface area (Å²) in [5.41, 5.74) is -0.427. The molecule has 0 aliphatic heterocycles. The first-order chi connectivity index (χ1) is 11.5. The van der Waals surface area contributed by atoms with Gasteiger partial charge in [-0.2, -0.15) is 4.98 Å². The van der Waals surface area contributed by atoms with Gasteiger partial charge in [-0.1, -0.05) is 11.2 Å². The number of hydrogen-bond donors (Lipinski definition) is 1. The van der Waals surface area contributed by atoms with Crippen molar-refractivity contribution < 1.29 is 22.5 Å². The third kappa shape index (κ3) is 3.46. The molecular formula is C15H10F3N3O2S. The van der Waals surface area contributed by atoms with E-state index in [2.05, 4.69) is 15.5 Å². The zero-order valence-corrected chi connectivity index (χ0v) is 12.9. The number of anilines is 1. The number of nitrogens with one attached hydrogen (secondary N) is 1. The summed E-state index contributed by atoms with van der Waals surface area (Å²) in [6.07, 6.45) is 0.0556. The van der Waals surface area contributed by atoms with Crippen LogP contribution in [0.15, 0.2) is 34.2 Å². The predicted molar refractivity (Wildman–Crippen MR) is 80.9 cm³/mol. The summed E-state index contributed by atoms with van der Waals surface area (Å²) in [4.78, 5) is 16.8. The molecule has 0 spiro atoms. The molecule has 9 heteroatoms. The Kier molecular flexibility index (Phi) is 4.61. The molecule has 0 atom stereocenters. The molecule has 2 heterocycles. The van der Waals surface area contributed by atoms with Gasteiger partial charge in [-0.3, -0.25) is 4.79 Å². The van der Waals surface area contributed by atoms with Gasteiger partial charge in [0.15, 0.2) is 17.5 Å². The van der Waals surface area contributed by atoms with Gasteiger partial charge in [0.25, 0.3) is 0 Å². The zero-order valence-electron chi connectivity index (χ0n) is 12.1. The fraction of sp³-hybridized carbons (Fsp3) is 0.133. The standard InChI is InChI=1S/C15H10F3N3O2S/c16-8-3-4-9(14(18)13(8)17)19-11(22)5-6-12-20-15(21-23-12)10-2-1-7-24-10/h1-4,7H,5-6H2,(H,19,22). The number of thiophene rings is 1. The number of amides is 1. The van der Waals surface area contributed by atoms with Crippen molar-refractivity contribution in [1.29, 1.82) is 0 Å². The van der Waals surface area contributed by atoms with E-state index in [0.717, 1.165) is 17.0 Å². The minimum absolute atomic E-state index is 0.0789. The Hall–Kier alpha value is -2.68. The van der Waals surface area contributed by atoms with E-state index in [1.165, 1.54) is 11.3 Å². The number of halogens is 3. The maximum Gasteiger partial charge on any atom is 0.227 e. The molecule has 5 nitrogen and oxygen atoms in total. The molecule has 0 saturated carbocycles. The molecule has 0 radical (unpaired) electrons. The summed E-state index contributed by atoms with van der Waals surface area (Å²) in [5.74, 6) is -4.31. The lowest BCUT2D eigenvalue weighted by molar-refractivity contribution is -0.116. The second kappa shape index (κ2) is 6.83. The number of aryl methyl sites for hydroxylation is 1. The lowest BCUT2D eigenvalue weighted by atomic mass is 10.2. The number of rotatable bonds is 5. The van der Waals surface area contributed by atoms with E-state index < -0.39 is 29.0 Å². The first kappa shape index (κ1) is 16.2. The van der Waals surface area contributed by atoms with Crippen molar-refractivity contribution in [1.82, 2.24) is 10.1 Å². The number of carbonyl (C=O) groups excluding carboxylic acids is 1. The second-order valence-electron chi connectivity index (χ2n) is 4.76. The number of benzene rings is 1. The summed E-state index contributed by atoms with van der Waals surface area (Å²) in [7, 11) is 0. The van der Waals surface area contributed by atoms with Crippen molar-refractivity contribution in [2.24, 2.45) is 0 Å². The topological polar surface area (TPSA) is 68.0 Å². The Morgan fingerprint density at radius 2 is 2.04 bits per heavy atom. The van der Waals surface area contributed by atoms with Crippen LogP contribution in [0, 0.1) is 17.5 Å². The van der Waals surface area contributed by atoms with E-state index in [1.54, 1.807) is 0 Å². The largest absolute Gasteiger partial charge is 0.339 e. The van der Waals surface area contributed by atoms with E-state index in [-0.39, 0.29) is 18.7 Å². The third-order valence-electron chi connectivity index (χ3n) is 3.08. The van der Waals surface area contributed by atoms with Gasteiger partial charge < -0.3 is 9.84 Å². The molecule has 0 aliphatic carbocycles. The van der Waals surface area contributed by atoms with Crippen molar-refractivity contribution in [3.05, 3.63) is 53.0 Å². The zero-order chi connectivity index (χ0) is 17.1. The molecular weight excluding hydrogens is 343 g/mol. The molecule has 0 fully saturated rings. The highest BCUT2D eigenvalue weighted by Crippen LogP contribution is 2.22. The molecule has 24 heavy (non-hydrogen) atoms. The van der Waals surface area contributed by atoms with Gasteiger partial charge in [0.2, 0.25) is 17.6 Å². The molecule has 0 unspecified atom stereocenters. The van der Waals surface area contributed by atoms with Gasteiger partial charge >= 0.3 is 0 Å². The maximum atomic E-state index is 13.5. The Bertz CT molecular complexity index is 865. The molecule has 3 aromatic rings. The van der Waals surface area contributed by atoms with E-state index >= 15 is 0 Å². The van der Waals surface area contributed by atoms with Crippen LogP contribution in [-0.2, 0) is 11.2 Å². The monoisotopic (exact) mass is 353 g/mol. The quantitative estimate of drug-likeness (QED) is 0.709. The summed E-state index contributed by atoms with van der Waals surface area (Å²) in [5, 5.41) is 7.84. The highest BCUT2D eigenvalue weighted by molar-refractivity contribution is 7.13. The Morgan fingerprint density at radius 3 is 2.79 bits per heavy atom. The normalized spacial score (nSPS) is 10.8. The lowest BCUT2D eigenvalue weighted by Gasteiger charge is -2.06. The number of aromatic nitrogens is 2. The van der Waals surface area contributed by atoms with Crippen LogP contribution in [0.4, 0.5) is 18.9 Å². The Labute approximate surface area is 138 Å². The van der Waals surface area contributed by atoms with Crippen LogP contribution in [0.25, 0.3) is 10.7 Å².